The van der Waals surface area contributed by atoms with Crippen molar-refractivity contribution >= 4 is 11.8 Å². The van der Waals surface area contributed by atoms with Gasteiger partial charge in [-0.15, -0.1) is 0 Å². The Kier molecular flexibility index (Phi) is 5.22. The number of ether oxygens (including phenoxy) is 2. The molecule has 1 fully saturated rings. The topological polar surface area (TPSA) is 52.6 Å². The van der Waals surface area contributed by atoms with E-state index in [9.17, 15) is 9.59 Å². The van der Waals surface area contributed by atoms with E-state index in [0.717, 1.165) is 24.2 Å². The predicted octanol–water partition coefficient (Wildman–Crippen LogP) is 3.20. The molecule has 0 spiro atoms. The molecular formula is C18H24O4. The Morgan fingerprint density at radius 1 is 1.09 bits per heavy atom. The monoisotopic (exact) mass is 304 g/mol. The van der Waals surface area contributed by atoms with E-state index >= 15 is 0 Å². The van der Waals surface area contributed by atoms with Crippen molar-refractivity contribution in [1.29, 1.82) is 0 Å². The third-order valence-electron chi connectivity index (χ3n) is 4.94. The molecule has 1 aromatic carbocycles. The zero-order valence-corrected chi connectivity index (χ0v) is 13.7. The molecule has 0 heterocycles. The van der Waals surface area contributed by atoms with Crippen molar-refractivity contribution in [2.24, 2.45) is 17.8 Å². The van der Waals surface area contributed by atoms with E-state index in [0.29, 0.717) is 0 Å². The van der Waals surface area contributed by atoms with Crippen LogP contribution in [0.5, 0.6) is 5.75 Å². The minimum atomic E-state index is -0.202. The molecule has 0 bridgehead atoms. The highest BCUT2D eigenvalue weighted by molar-refractivity contribution is 5.82. The van der Waals surface area contributed by atoms with Crippen LogP contribution in [-0.4, -0.2) is 26.0 Å². The number of ketones is 1. The fraction of sp³-hybridized carbons (Fsp3) is 0.556. The van der Waals surface area contributed by atoms with E-state index in [4.69, 9.17) is 9.47 Å². The second-order valence-electron chi connectivity index (χ2n) is 6.08. The van der Waals surface area contributed by atoms with Gasteiger partial charge >= 0.3 is 5.97 Å². The fourth-order valence-corrected chi connectivity index (χ4v) is 3.78. The minimum absolute atomic E-state index is 0.00852. The molecule has 1 aromatic rings. The average Bonchev–Trinajstić information content (AvgIpc) is 2.53. The summed E-state index contributed by atoms with van der Waals surface area (Å²) >= 11 is 0. The average molecular weight is 304 g/mol. The van der Waals surface area contributed by atoms with Crippen LogP contribution in [0.15, 0.2) is 24.3 Å². The summed E-state index contributed by atoms with van der Waals surface area (Å²) in [6.45, 7) is 3.61. The lowest BCUT2D eigenvalue weighted by Gasteiger charge is -2.39. The van der Waals surface area contributed by atoms with Crippen molar-refractivity contribution in [3.63, 3.8) is 0 Å². The summed E-state index contributed by atoms with van der Waals surface area (Å²) in [5.74, 6) is 0.554. The summed E-state index contributed by atoms with van der Waals surface area (Å²) in [5, 5.41) is 0. The Morgan fingerprint density at radius 3 is 2.23 bits per heavy atom. The largest absolute Gasteiger partial charge is 0.497 e. The molecule has 22 heavy (non-hydrogen) atoms. The predicted molar refractivity (Wildman–Crippen MR) is 83.8 cm³/mol. The van der Waals surface area contributed by atoms with E-state index in [1.165, 1.54) is 7.11 Å². The molecule has 0 unspecified atom stereocenters. The van der Waals surface area contributed by atoms with Crippen molar-refractivity contribution in [2.75, 3.05) is 14.2 Å². The molecule has 4 atom stereocenters. The highest BCUT2D eigenvalue weighted by Gasteiger charge is 2.43. The van der Waals surface area contributed by atoms with Crippen LogP contribution >= 0.6 is 0 Å². The maximum absolute atomic E-state index is 12.2. The van der Waals surface area contributed by atoms with Crippen LogP contribution in [-0.2, 0) is 14.3 Å². The van der Waals surface area contributed by atoms with E-state index in [-0.39, 0.29) is 35.4 Å². The second kappa shape index (κ2) is 6.95. The summed E-state index contributed by atoms with van der Waals surface area (Å²) in [7, 11) is 3.05. The summed E-state index contributed by atoms with van der Waals surface area (Å²) in [6.07, 6.45) is 1.58. The third-order valence-corrected chi connectivity index (χ3v) is 4.94. The Hall–Kier alpha value is -1.84. The third kappa shape index (κ3) is 3.16. The smallest absolute Gasteiger partial charge is 0.308 e. The van der Waals surface area contributed by atoms with Gasteiger partial charge in [-0.05, 0) is 49.3 Å². The van der Waals surface area contributed by atoms with Crippen molar-refractivity contribution in [2.45, 2.75) is 32.6 Å². The molecule has 0 aromatic heterocycles. The van der Waals surface area contributed by atoms with Crippen LogP contribution in [0.4, 0.5) is 0 Å². The van der Waals surface area contributed by atoms with Gasteiger partial charge in [-0.1, -0.05) is 19.1 Å². The number of esters is 1. The summed E-state index contributed by atoms with van der Waals surface area (Å²) in [6, 6.07) is 7.88. The van der Waals surface area contributed by atoms with Crippen molar-refractivity contribution in [1.82, 2.24) is 0 Å². The Balaban J connectivity index is 2.27. The number of benzene rings is 1. The molecule has 1 aliphatic rings. The number of carbonyl (C=O) groups excluding carboxylic acids is 2. The van der Waals surface area contributed by atoms with Gasteiger partial charge in [-0.3, -0.25) is 9.59 Å². The van der Waals surface area contributed by atoms with Gasteiger partial charge in [0.1, 0.15) is 11.5 Å². The van der Waals surface area contributed by atoms with Crippen LogP contribution < -0.4 is 4.74 Å². The van der Waals surface area contributed by atoms with Crippen LogP contribution in [0, 0.1) is 17.8 Å². The van der Waals surface area contributed by atoms with Crippen LogP contribution in [0.3, 0.4) is 0 Å². The number of Topliss-reactive ketones (excluding diaryl/α,β-unsaturated/α-hetero) is 1. The zero-order chi connectivity index (χ0) is 16.3. The van der Waals surface area contributed by atoms with Crippen molar-refractivity contribution < 1.29 is 19.1 Å². The molecule has 4 nitrogen and oxygen atoms in total. The first kappa shape index (κ1) is 16.5. The van der Waals surface area contributed by atoms with Gasteiger partial charge in [0.15, 0.2) is 0 Å². The van der Waals surface area contributed by atoms with E-state index < -0.39 is 0 Å². The van der Waals surface area contributed by atoms with Crippen molar-refractivity contribution in [3.8, 4) is 5.75 Å². The highest BCUT2D eigenvalue weighted by Crippen LogP contribution is 2.45. The number of hydrogen-bond acceptors (Lipinski definition) is 4. The molecule has 0 N–H and O–H groups in total. The molecular weight excluding hydrogens is 280 g/mol. The lowest BCUT2D eigenvalue weighted by Crippen LogP contribution is -2.39. The first-order valence-corrected chi connectivity index (χ1v) is 7.71. The standard InChI is InChI=1S/C18H24O4/c1-11-15(18(20)22-4)9-10-16(17(11)12(2)19)13-5-7-14(21-3)8-6-13/h5-8,11,15-17H,9-10H2,1-4H3/t11-,15+,16+,17+/m0/s1. The van der Waals surface area contributed by atoms with Gasteiger partial charge in [0.2, 0.25) is 0 Å². The number of carbonyl (C=O) groups is 2. The molecule has 2 rings (SSSR count). The summed E-state index contributed by atoms with van der Waals surface area (Å²) < 4.78 is 10.1. The first-order valence-electron chi connectivity index (χ1n) is 7.71. The van der Waals surface area contributed by atoms with Gasteiger partial charge in [0, 0.05) is 5.92 Å². The van der Waals surface area contributed by atoms with Gasteiger partial charge in [0.05, 0.1) is 20.1 Å². The Morgan fingerprint density at radius 2 is 1.73 bits per heavy atom. The summed E-state index contributed by atoms with van der Waals surface area (Å²) in [4.78, 5) is 24.1. The molecule has 1 aliphatic carbocycles. The van der Waals surface area contributed by atoms with E-state index in [1.54, 1.807) is 14.0 Å². The Bertz CT molecular complexity index is 535. The fourth-order valence-electron chi connectivity index (χ4n) is 3.78. The highest BCUT2D eigenvalue weighted by atomic mass is 16.5. The second-order valence-corrected chi connectivity index (χ2v) is 6.08. The van der Waals surface area contributed by atoms with Crippen LogP contribution in [0.1, 0.15) is 38.2 Å². The molecule has 120 valence electrons. The van der Waals surface area contributed by atoms with Gasteiger partial charge in [0.25, 0.3) is 0 Å². The lowest BCUT2D eigenvalue weighted by atomic mass is 9.64. The van der Waals surface area contributed by atoms with Crippen molar-refractivity contribution in [3.05, 3.63) is 29.8 Å². The summed E-state index contributed by atoms with van der Waals surface area (Å²) in [5.41, 5.74) is 1.14. The molecule has 0 aliphatic heterocycles. The molecule has 1 saturated carbocycles. The van der Waals surface area contributed by atoms with E-state index in [1.807, 2.05) is 31.2 Å². The number of methoxy groups -OCH3 is 2. The SMILES string of the molecule is COC(=O)[C@@H]1CC[C@H](c2ccc(OC)cc2)[C@@H](C(C)=O)[C@H]1C. The molecule has 0 radical (unpaired) electrons. The Labute approximate surface area is 131 Å². The molecule has 0 saturated heterocycles. The molecule has 0 amide bonds. The van der Waals surface area contributed by atoms with Crippen LogP contribution in [0.25, 0.3) is 0 Å². The minimum Gasteiger partial charge on any atom is -0.497 e. The lowest BCUT2D eigenvalue weighted by molar-refractivity contribution is -0.150. The normalized spacial score (nSPS) is 28.0. The number of hydrogen-bond donors (Lipinski definition) is 0. The van der Waals surface area contributed by atoms with Crippen LogP contribution in [0.2, 0.25) is 0 Å². The maximum Gasteiger partial charge on any atom is 0.308 e. The van der Waals surface area contributed by atoms with Gasteiger partial charge in [-0.25, -0.2) is 0 Å². The quantitative estimate of drug-likeness (QED) is 0.802. The molecule has 4 heteroatoms. The van der Waals surface area contributed by atoms with Gasteiger partial charge < -0.3 is 9.47 Å². The van der Waals surface area contributed by atoms with Gasteiger partial charge in [-0.2, -0.15) is 0 Å². The zero-order valence-electron chi connectivity index (χ0n) is 13.7. The van der Waals surface area contributed by atoms with E-state index in [2.05, 4.69) is 0 Å². The first-order chi connectivity index (χ1) is 10.5. The maximum atomic E-state index is 12.2. The number of rotatable bonds is 4.